The van der Waals surface area contributed by atoms with Crippen LogP contribution in [-0.2, 0) is 6.42 Å². The lowest BCUT2D eigenvalue weighted by Gasteiger charge is -2.11. The molecule has 3 aromatic rings. The van der Waals surface area contributed by atoms with Gasteiger partial charge in [-0.15, -0.1) is 0 Å². The van der Waals surface area contributed by atoms with E-state index in [0.29, 0.717) is 13.2 Å². The molecule has 0 radical (unpaired) electrons. The number of hydrogen-bond acceptors (Lipinski definition) is 3. The highest BCUT2D eigenvalue weighted by molar-refractivity contribution is 5.64. The van der Waals surface area contributed by atoms with Crippen molar-refractivity contribution >= 4 is 0 Å². The van der Waals surface area contributed by atoms with Crippen molar-refractivity contribution in [1.82, 2.24) is 9.78 Å². The maximum absolute atomic E-state index is 5.71. The van der Waals surface area contributed by atoms with Gasteiger partial charge in [0.25, 0.3) is 0 Å². The number of nitrogens with two attached hydrogens (primary N) is 1. The van der Waals surface area contributed by atoms with Crippen LogP contribution in [0.5, 0.6) is 5.75 Å². The minimum absolute atomic E-state index is 0.591. The van der Waals surface area contributed by atoms with Crippen molar-refractivity contribution in [3.63, 3.8) is 0 Å². The van der Waals surface area contributed by atoms with Crippen LogP contribution in [0.2, 0.25) is 0 Å². The number of aryl methyl sites for hydroxylation is 1. The number of nitrogens with zero attached hydrogens (tertiary/aromatic N) is 2. The Morgan fingerprint density at radius 3 is 2.50 bits per heavy atom. The van der Waals surface area contributed by atoms with Crippen LogP contribution in [0.1, 0.15) is 18.2 Å². The summed E-state index contributed by atoms with van der Waals surface area (Å²) >= 11 is 0. The Balaban J connectivity index is 2.07. The lowest BCUT2D eigenvalue weighted by atomic mass is 10.1. The molecule has 0 saturated heterocycles. The smallest absolute Gasteiger partial charge is 0.119 e. The summed E-state index contributed by atoms with van der Waals surface area (Å²) in [7, 11) is 0. The summed E-state index contributed by atoms with van der Waals surface area (Å²) < 4.78 is 7.55. The van der Waals surface area contributed by atoms with Crippen LogP contribution in [-0.4, -0.2) is 22.9 Å². The Morgan fingerprint density at radius 2 is 1.83 bits per heavy atom. The van der Waals surface area contributed by atoms with Crippen molar-refractivity contribution in [2.45, 2.75) is 20.3 Å². The van der Waals surface area contributed by atoms with E-state index in [9.17, 15) is 0 Å². The average molecular weight is 321 g/mol. The third kappa shape index (κ3) is 3.34. The maximum Gasteiger partial charge on any atom is 0.119 e. The van der Waals surface area contributed by atoms with Gasteiger partial charge < -0.3 is 10.5 Å². The zero-order valence-corrected chi connectivity index (χ0v) is 14.2. The largest absolute Gasteiger partial charge is 0.494 e. The van der Waals surface area contributed by atoms with E-state index in [2.05, 4.69) is 37.3 Å². The first-order chi connectivity index (χ1) is 11.7. The zero-order valence-electron chi connectivity index (χ0n) is 14.2. The van der Waals surface area contributed by atoms with E-state index in [0.717, 1.165) is 34.8 Å². The van der Waals surface area contributed by atoms with Crippen LogP contribution in [0.3, 0.4) is 0 Å². The lowest BCUT2D eigenvalue weighted by Crippen LogP contribution is -2.05. The second kappa shape index (κ2) is 7.32. The first-order valence-corrected chi connectivity index (χ1v) is 8.31. The van der Waals surface area contributed by atoms with Gasteiger partial charge in [-0.25, -0.2) is 4.68 Å². The first-order valence-electron chi connectivity index (χ1n) is 8.31. The average Bonchev–Trinajstić information content (AvgIpc) is 3.00. The molecule has 0 amide bonds. The minimum Gasteiger partial charge on any atom is -0.494 e. The van der Waals surface area contributed by atoms with Crippen molar-refractivity contribution in [3.8, 4) is 22.7 Å². The predicted octanol–water partition coefficient (Wildman–Crippen LogP) is 3.75. The third-order valence-electron chi connectivity index (χ3n) is 3.97. The Labute approximate surface area is 142 Å². The third-order valence-corrected chi connectivity index (χ3v) is 3.97. The molecule has 0 atom stereocenters. The highest BCUT2D eigenvalue weighted by Crippen LogP contribution is 2.27. The van der Waals surface area contributed by atoms with E-state index < -0.39 is 0 Å². The number of ether oxygens (including phenoxy) is 1. The van der Waals surface area contributed by atoms with Gasteiger partial charge in [-0.1, -0.05) is 18.2 Å². The molecule has 1 aromatic heterocycles. The maximum atomic E-state index is 5.71. The van der Waals surface area contributed by atoms with Gasteiger partial charge in [-0.2, -0.15) is 5.10 Å². The molecule has 0 spiro atoms. The summed E-state index contributed by atoms with van der Waals surface area (Å²) in [6.07, 6.45) is 0.767. The lowest BCUT2D eigenvalue weighted by molar-refractivity contribution is 0.340. The number of hydrogen-bond donors (Lipinski definition) is 1. The Bertz CT molecular complexity index is 806. The number of aromatic nitrogens is 2. The van der Waals surface area contributed by atoms with Crippen LogP contribution >= 0.6 is 0 Å². The Hall–Kier alpha value is -2.59. The topological polar surface area (TPSA) is 53.1 Å². The van der Waals surface area contributed by atoms with Crippen molar-refractivity contribution in [1.29, 1.82) is 0 Å². The molecule has 0 saturated carbocycles. The fraction of sp³-hybridized carbons (Fsp3) is 0.250. The van der Waals surface area contributed by atoms with E-state index in [1.54, 1.807) is 0 Å². The molecule has 0 unspecified atom stereocenters. The summed E-state index contributed by atoms with van der Waals surface area (Å²) in [6.45, 7) is 5.34. The van der Waals surface area contributed by atoms with E-state index in [4.69, 9.17) is 15.6 Å². The monoisotopic (exact) mass is 321 g/mol. The molecular formula is C20H23N3O. The molecule has 0 aliphatic rings. The van der Waals surface area contributed by atoms with E-state index in [1.807, 2.05) is 35.9 Å². The van der Waals surface area contributed by atoms with Crippen LogP contribution in [0.15, 0.2) is 54.6 Å². The second-order valence-electron chi connectivity index (χ2n) is 5.72. The summed E-state index contributed by atoms with van der Waals surface area (Å²) in [5.41, 5.74) is 11.2. The fourth-order valence-corrected chi connectivity index (χ4v) is 2.78. The van der Waals surface area contributed by atoms with E-state index >= 15 is 0 Å². The standard InChI is InChI=1S/C20H23N3O/c1-3-24-18-10-8-16(9-11-18)20-14-17(12-13-21)22-23(20)19-7-5-4-6-15(19)2/h4-11,14H,3,12-13,21H2,1-2H3. The van der Waals surface area contributed by atoms with Crippen LogP contribution in [0, 0.1) is 6.92 Å². The van der Waals surface area contributed by atoms with Crippen LogP contribution in [0.25, 0.3) is 16.9 Å². The highest BCUT2D eigenvalue weighted by Gasteiger charge is 2.13. The molecular weight excluding hydrogens is 298 g/mol. The van der Waals surface area contributed by atoms with Gasteiger partial charge in [-0.3, -0.25) is 0 Å². The minimum atomic E-state index is 0.591. The summed E-state index contributed by atoms with van der Waals surface area (Å²) in [5, 5.41) is 4.77. The highest BCUT2D eigenvalue weighted by atomic mass is 16.5. The van der Waals surface area contributed by atoms with Crippen LogP contribution < -0.4 is 10.5 Å². The molecule has 0 aliphatic carbocycles. The van der Waals surface area contributed by atoms with Gasteiger partial charge in [-0.05, 0) is 62.4 Å². The molecule has 1 heterocycles. The van der Waals surface area contributed by atoms with Crippen molar-refractivity contribution < 1.29 is 4.74 Å². The molecule has 4 nitrogen and oxygen atoms in total. The molecule has 2 aromatic carbocycles. The number of para-hydroxylation sites is 1. The number of rotatable bonds is 6. The summed E-state index contributed by atoms with van der Waals surface area (Å²) in [6, 6.07) is 18.5. The fourth-order valence-electron chi connectivity index (χ4n) is 2.78. The first kappa shape index (κ1) is 16.3. The van der Waals surface area contributed by atoms with E-state index in [-0.39, 0.29) is 0 Å². The zero-order chi connectivity index (χ0) is 16.9. The molecule has 0 aliphatic heterocycles. The van der Waals surface area contributed by atoms with Crippen molar-refractivity contribution in [2.75, 3.05) is 13.2 Å². The normalized spacial score (nSPS) is 10.8. The Kier molecular flexibility index (Phi) is 4.96. The van der Waals surface area contributed by atoms with Crippen molar-refractivity contribution in [3.05, 3.63) is 65.9 Å². The SMILES string of the molecule is CCOc1ccc(-c2cc(CCN)nn2-c2ccccc2C)cc1. The van der Waals surface area contributed by atoms with E-state index in [1.165, 1.54) is 5.56 Å². The predicted molar refractivity (Wildman–Crippen MR) is 97.7 cm³/mol. The molecule has 24 heavy (non-hydrogen) atoms. The molecule has 124 valence electrons. The van der Waals surface area contributed by atoms with Crippen LogP contribution in [0.4, 0.5) is 0 Å². The molecule has 3 rings (SSSR count). The van der Waals surface area contributed by atoms with Gasteiger partial charge in [0, 0.05) is 12.0 Å². The quantitative estimate of drug-likeness (QED) is 0.752. The summed E-state index contributed by atoms with van der Waals surface area (Å²) in [4.78, 5) is 0. The van der Waals surface area contributed by atoms with Gasteiger partial charge in [0.2, 0.25) is 0 Å². The van der Waals surface area contributed by atoms with Gasteiger partial charge in [0.1, 0.15) is 5.75 Å². The second-order valence-corrected chi connectivity index (χ2v) is 5.72. The molecule has 4 heteroatoms. The summed E-state index contributed by atoms with van der Waals surface area (Å²) in [5.74, 6) is 0.880. The van der Waals surface area contributed by atoms with Gasteiger partial charge >= 0.3 is 0 Å². The molecule has 0 bridgehead atoms. The molecule has 2 N–H and O–H groups in total. The number of benzene rings is 2. The van der Waals surface area contributed by atoms with Crippen molar-refractivity contribution in [2.24, 2.45) is 5.73 Å². The molecule has 0 fully saturated rings. The van der Waals surface area contributed by atoms with Gasteiger partial charge in [0.15, 0.2) is 0 Å². The van der Waals surface area contributed by atoms with Gasteiger partial charge in [0.05, 0.1) is 23.7 Å². The Morgan fingerprint density at radius 1 is 1.08 bits per heavy atom.